The first-order chi connectivity index (χ1) is 12.0. The van der Waals surface area contributed by atoms with Crippen molar-refractivity contribution in [3.63, 3.8) is 0 Å². The zero-order chi connectivity index (χ0) is 18.0. The van der Waals surface area contributed by atoms with Crippen LogP contribution < -0.4 is 4.74 Å². The van der Waals surface area contributed by atoms with E-state index in [4.69, 9.17) is 4.74 Å². The molecule has 0 atom stereocenters. The molecule has 1 aromatic heterocycles. The van der Waals surface area contributed by atoms with Crippen LogP contribution in [0.2, 0.25) is 0 Å². The second-order valence-corrected chi connectivity index (χ2v) is 6.39. The van der Waals surface area contributed by atoms with Gasteiger partial charge in [-0.05, 0) is 81.3 Å². The lowest BCUT2D eigenvalue weighted by atomic mass is 10.1. The Morgan fingerprint density at radius 1 is 0.880 bits per heavy atom. The Bertz CT molecular complexity index is 918. The average Bonchev–Trinajstić information content (AvgIpc) is 2.90. The Morgan fingerprint density at radius 2 is 1.60 bits per heavy atom. The third-order valence-electron chi connectivity index (χ3n) is 4.64. The first kappa shape index (κ1) is 17.0. The lowest BCUT2D eigenvalue weighted by Crippen LogP contribution is -2.00. The summed E-state index contributed by atoms with van der Waals surface area (Å²) in [5.41, 5.74) is 8.26. The second kappa shape index (κ2) is 6.98. The summed E-state index contributed by atoms with van der Waals surface area (Å²) in [6.07, 6.45) is 1.93. The molecule has 25 heavy (non-hydrogen) atoms. The SMILES string of the molecule is COc1ccc(N=Cc2cc(C)n(-c3ccc(C)c(C)c3)c2C)cc1. The number of hydrogen-bond acceptors (Lipinski definition) is 2. The first-order valence-electron chi connectivity index (χ1n) is 8.44. The van der Waals surface area contributed by atoms with Crippen molar-refractivity contribution >= 4 is 11.9 Å². The van der Waals surface area contributed by atoms with E-state index < -0.39 is 0 Å². The summed E-state index contributed by atoms with van der Waals surface area (Å²) >= 11 is 0. The van der Waals surface area contributed by atoms with Crippen molar-refractivity contribution in [3.8, 4) is 11.4 Å². The van der Waals surface area contributed by atoms with Crippen molar-refractivity contribution in [2.75, 3.05) is 7.11 Å². The van der Waals surface area contributed by atoms with Crippen LogP contribution in [0.15, 0.2) is 53.5 Å². The molecule has 0 bridgehead atoms. The number of aryl methyl sites for hydroxylation is 3. The van der Waals surface area contributed by atoms with Gasteiger partial charge in [-0.1, -0.05) is 6.07 Å². The van der Waals surface area contributed by atoms with E-state index in [9.17, 15) is 0 Å². The Morgan fingerprint density at radius 3 is 2.24 bits per heavy atom. The minimum atomic E-state index is 0.840. The predicted octanol–water partition coefficient (Wildman–Crippen LogP) is 5.47. The van der Waals surface area contributed by atoms with Crippen LogP contribution >= 0.6 is 0 Å². The van der Waals surface area contributed by atoms with Gasteiger partial charge >= 0.3 is 0 Å². The minimum absolute atomic E-state index is 0.840. The van der Waals surface area contributed by atoms with Gasteiger partial charge in [0.2, 0.25) is 0 Å². The molecule has 0 aliphatic carbocycles. The van der Waals surface area contributed by atoms with E-state index in [0.717, 1.165) is 17.0 Å². The highest BCUT2D eigenvalue weighted by atomic mass is 16.5. The zero-order valence-corrected chi connectivity index (χ0v) is 15.5. The molecule has 0 spiro atoms. The van der Waals surface area contributed by atoms with E-state index in [0.29, 0.717) is 0 Å². The molecule has 0 aliphatic rings. The lowest BCUT2D eigenvalue weighted by molar-refractivity contribution is 0.415. The van der Waals surface area contributed by atoms with Crippen LogP contribution in [-0.4, -0.2) is 17.9 Å². The molecule has 0 radical (unpaired) electrons. The lowest BCUT2D eigenvalue weighted by Gasteiger charge is -2.11. The van der Waals surface area contributed by atoms with Gasteiger partial charge in [-0.25, -0.2) is 0 Å². The summed E-state index contributed by atoms with van der Waals surface area (Å²) in [5.74, 6) is 0.840. The van der Waals surface area contributed by atoms with Gasteiger partial charge in [-0.15, -0.1) is 0 Å². The fourth-order valence-corrected chi connectivity index (χ4v) is 2.99. The molecule has 0 aliphatic heterocycles. The minimum Gasteiger partial charge on any atom is -0.497 e. The summed E-state index contributed by atoms with van der Waals surface area (Å²) in [4.78, 5) is 4.60. The fraction of sp³-hybridized carbons (Fsp3) is 0.227. The summed E-state index contributed by atoms with van der Waals surface area (Å²) in [6.45, 7) is 8.56. The molecule has 3 heteroatoms. The standard InChI is InChI=1S/C22H24N2O/c1-15-6-9-21(12-16(15)2)24-17(3)13-19(18(24)4)14-23-20-7-10-22(25-5)11-8-20/h6-14H,1-5H3. The van der Waals surface area contributed by atoms with Crippen LogP contribution in [0.25, 0.3) is 5.69 Å². The largest absolute Gasteiger partial charge is 0.497 e. The van der Waals surface area contributed by atoms with Gasteiger partial charge in [0.1, 0.15) is 5.75 Å². The maximum atomic E-state index is 5.18. The highest BCUT2D eigenvalue weighted by Gasteiger charge is 2.10. The third kappa shape index (κ3) is 3.50. The number of aliphatic imine (C=N–C) groups is 1. The molecular formula is C22H24N2O. The molecule has 128 valence electrons. The van der Waals surface area contributed by atoms with Gasteiger partial charge in [0.15, 0.2) is 0 Å². The Balaban J connectivity index is 1.93. The van der Waals surface area contributed by atoms with Gasteiger partial charge in [-0.2, -0.15) is 0 Å². The Labute approximate surface area is 149 Å². The van der Waals surface area contributed by atoms with Crippen LogP contribution in [0.1, 0.15) is 28.1 Å². The van der Waals surface area contributed by atoms with Crippen molar-refractivity contribution in [2.24, 2.45) is 4.99 Å². The molecule has 0 fully saturated rings. The van der Waals surface area contributed by atoms with Crippen molar-refractivity contribution in [1.29, 1.82) is 0 Å². The number of benzene rings is 2. The molecular weight excluding hydrogens is 308 g/mol. The third-order valence-corrected chi connectivity index (χ3v) is 4.64. The molecule has 3 nitrogen and oxygen atoms in total. The van der Waals surface area contributed by atoms with Crippen LogP contribution in [0.5, 0.6) is 5.75 Å². The van der Waals surface area contributed by atoms with Gasteiger partial charge in [-0.3, -0.25) is 4.99 Å². The number of nitrogens with zero attached hydrogens (tertiary/aromatic N) is 2. The highest BCUT2D eigenvalue weighted by Crippen LogP contribution is 2.23. The normalized spacial score (nSPS) is 11.2. The van der Waals surface area contributed by atoms with Crippen LogP contribution in [0.3, 0.4) is 0 Å². The summed E-state index contributed by atoms with van der Waals surface area (Å²) < 4.78 is 7.46. The molecule has 1 heterocycles. The van der Waals surface area contributed by atoms with Gasteiger partial charge in [0.05, 0.1) is 12.8 Å². The molecule has 0 saturated carbocycles. The van der Waals surface area contributed by atoms with Crippen LogP contribution in [0, 0.1) is 27.7 Å². The summed E-state index contributed by atoms with van der Waals surface area (Å²) in [6, 6.07) is 16.5. The molecule has 3 aromatic rings. The van der Waals surface area contributed by atoms with Crippen molar-refractivity contribution in [1.82, 2.24) is 4.57 Å². The molecule has 0 unspecified atom stereocenters. The quantitative estimate of drug-likeness (QED) is 0.582. The van der Waals surface area contributed by atoms with Crippen molar-refractivity contribution in [3.05, 3.63) is 76.6 Å². The molecule has 0 N–H and O–H groups in total. The van der Waals surface area contributed by atoms with E-state index in [1.165, 1.54) is 28.2 Å². The topological polar surface area (TPSA) is 26.5 Å². The predicted molar refractivity (Wildman–Crippen MR) is 105 cm³/mol. The second-order valence-electron chi connectivity index (χ2n) is 6.39. The summed E-state index contributed by atoms with van der Waals surface area (Å²) in [5, 5.41) is 0. The number of hydrogen-bond donors (Lipinski definition) is 0. The van der Waals surface area contributed by atoms with E-state index in [1.54, 1.807) is 7.11 Å². The van der Waals surface area contributed by atoms with Crippen LogP contribution in [0.4, 0.5) is 5.69 Å². The monoisotopic (exact) mass is 332 g/mol. The Hall–Kier alpha value is -2.81. The van der Waals surface area contributed by atoms with E-state index in [-0.39, 0.29) is 0 Å². The average molecular weight is 332 g/mol. The van der Waals surface area contributed by atoms with E-state index >= 15 is 0 Å². The van der Waals surface area contributed by atoms with Gasteiger partial charge in [0, 0.05) is 28.9 Å². The van der Waals surface area contributed by atoms with Crippen LogP contribution in [-0.2, 0) is 0 Å². The maximum absolute atomic E-state index is 5.18. The Kier molecular flexibility index (Phi) is 4.75. The number of ether oxygens (including phenoxy) is 1. The molecule has 0 saturated heterocycles. The molecule has 0 amide bonds. The van der Waals surface area contributed by atoms with Gasteiger partial charge in [0.25, 0.3) is 0 Å². The van der Waals surface area contributed by atoms with Crippen molar-refractivity contribution in [2.45, 2.75) is 27.7 Å². The van der Waals surface area contributed by atoms with Crippen molar-refractivity contribution < 1.29 is 4.74 Å². The molecule has 3 rings (SSSR count). The first-order valence-corrected chi connectivity index (χ1v) is 8.44. The number of methoxy groups -OCH3 is 1. The smallest absolute Gasteiger partial charge is 0.119 e. The van der Waals surface area contributed by atoms with E-state index in [1.807, 2.05) is 30.5 Å². The maximum Gasteiger partial charge on any atom is 0.119 e. The fourth-order valence-electron chi connectivity index (χ4n) is 2.99. The molecule has 2 aromatic carbocycles. The van der Waals surface area contributed by atoms with E-state index in [2.05, 4.69) is 61.5 Å². The summed E-state index contributed by atoms with van der Waals surface area (Å²) in [7, 11) is 1.67. The number of rotatable bonds is 4. The zero-order valence-electron chi connectivity index (χ0n) is 15.5. The number of aromatic nitrogens is 1. The highest BCUT2D eigenvalue weighted by molar-refractivity contribution is 5.84. The van der Waals surface area contributed by atoms with Gasteiger partial charge < -0.3 is 9.30 Å².